The molecule has 6 heteroatoms. The van der Waals surface area contributed by atoms with Gasteiger partial charge in [-0.1, -0.05) is 0 Å². The zero-order valence-electron chi connectivity index (χ0n) is 15.6. The van der Waals surface area contributed by atoms with Gasteiger partial charge < -0.3 is 4.74 Å². The van der Waals surface area contributed by atoms with E-state index in [2.05, 4.69) is 15.0 Å². The van der Waals surface area contributed by atoms with Crippen molar-refractivity contribution in [2.24, 2.45) is 7.05 Å². The highest BCUT2D eigenvalue weighted by Gasteiger charge is 2.49. The molecule has 0 radical (unpaired) electrons. The average Bonchev–Trinajstić information content (AvgIpc) is 2.90. The molecule has 0 N–H and O–H groups in total. The lowest BCUT2D eigenvalue weighted by atomic mass is 9.85. The minimum Gasteiger partial charge on any atom is -0.459 e. The summed E-state index contributed by atoms with van der Waals surface area (Å²) in [5.74, 6) is -0.152. The molecule has 3 heterocycles. The number of hydrogen-bond donors (Lipinski definition) is 0. The van der Waals surface area contributed by atoms with Crippen molar-refractivity contribution < 1.29 is 9.53 Å². The number of likely N-dealkylation sites (tertiary alicyclic amines) is 1. The van der Waals surface area contributed by atoms with Gasteiger partial charge >= 0.3 is 5.97 Å². The number of carbonyl (C=O) groups excluding carboxylic acids is 1. The van der Waals surface area contributed by atoms with E-state index in [1.165, 1.54) is 0 Å². The van der Waals surface area contributed by atoms with Crippen LogP contribution in [0.25, 0.3) is 11.3 Å². The molecule has 1 aliphatic heterocycles. The summed E-state index contributed by atoms with van der Waals surface area (Å²) in [6, 6.07) is 3.91. The Morgan fingerprint density at radius 1 is 1.32 bits per heavy atom. The van der Waals surface area contributed by atoms with E-state index in [-0.39, 0.29) is 5.97 Å². The van der Waals surface area contributed by atoms with Gasteiger partial charge in [-0.3, -0.25) is 19.4 Å². The van der Waals surface area contributed by atoms with Crippen molar-refractivity contribution in [3.8, 4) is 11.3 Å². The standard InChI is InChI=1S/C19H26N4O2/c1-18(2,3)25-17(24)19(4)8-11-23(19)13-15-12-22(5)21-16(15)14-6-9-20-10-7-14/h6-7,9-10,12H,8,11,13H2,1-5H3. The minimum absolute atomic E-state index is 0.152. The molecule has 1 unspecified atom stereocenters. The molecule has 2 aromatic rings. The number of esters is 1. The smallest absolute Gasteiger partial charge is 0.326 e. The van der Waals surface area contributed by atoms with Crippen LogP contribution in [0.2, 0.25) is 0 Å². The molecule has 0 spiro atoms. The summed E-state index contributed by atoms with van der Waals surface area (Å²) in [6.07, 6.45) is 6.36. The third kappa shape index (κ3) is 3.58. The van der Waals surface area contributed by atoms with Gasteiger partial charge in [0.1, 0.15) is 11.1 Å². The molecular weight excluding hydrogens is 316 g/mol. The van der Waals surface area contributed by atoms with Crippen molar-refractivity contribution in [3.63, 3.8) is 0 Å². The first kappa shape index (κ1) is 17.6. The van der Waals surface area contributed by atoms with E-state index in [0.717, 1.165) is 29.8 Å². The SMILES string of the molecule is Cn1cc(CN2CCC2(C)C(=O)OC(C)(C)C)c(-c2ccncc2)n1. The van der Waals surface area contributed by atoms with Gasteiger partial charge in [-0.25, -0.2) is 0 Å². The lowest BCUT2D eigenvalue weighted by Crippen LogP contribution is -2.63. The van der Waals surface area contributed by atoms with E-state index in [9.17, 15) is 4.79 Å². The van der Waals surface area contributed by atoms with E-state index in [0.29, 0.717) is 6.54 Å². The molecule has 25 heavy (non-hydrogen) atoms. The van der Waals surface area contributed by atoms with Crippen LogP contribution in [0.3, 0.4) is 0 Å². The van der Waals surface area contributed by atoms with Gasteiger partial charge in [0.2, 0.25) is 0 Å². The van der Waals surface area contributed by atoms with Crippen molar-refractivity contribution in [1.82, 2.24) is 19.7 Å². The number of aromatic nitrogens is 3. The molecule has 0 bridgehead atoms. The number of nitrogens with zero attached hydrogens (tertiary/aromatic N) is 4. The Kier molecular flexibility index (Phi) is 4.41. The highest BCUT2D eigenvalue weighted by atomic mass is 16.6. The lowest BCUT2D eigenvalue weighted by molar-refractivity contribution is -0.178. The van der Waals surface area contributed by atoms with Gasteiger partial charge in [-0.2, -0.15) is 5.10 Å². The normalized spacial score (nSPS) is 21.0. The maximum absolute atomic E-state index is 12.6. The zero-order valence-corrected chi connectivity index (χ0v) is 15.6. The quantitative estimate of drug-likeness (QED) is 0.800. The Bertz CT molecular complexity index is 763. The second kappa shape index (κ2) is 6.26. The van der Waals surface area contributed by atoms with Crippen molar-refractivity contribution in [2.45, 2.75) is 51.8 Å². The van der Waals surface area contributed by atoms with E-state index in [1.807, 2.05) is 57.8 Å². The second-order valence-electron chi connectivity index (χ2n) is 7.86. The van der Waals surface area contributed by atoms with Crippen LogP contribution < -0.4 is 0 Å². The van der Waals surface area contributed by atoms with Crippen LogP contribution in [0.5, 0.6) is 0 Å². The first-order valence-corrected chi connectivity index (χ1v) is 8.60. The van der Waals surface area contributed by atoms with Crippen LogP contribution >= 0.6 is 0 Å². The monoisotopic (exact) mass is 342 g/mol. The zero-order chi connectivity index (χ0) is 18.2. The summed E-state index contributed by atoms with van der Waals surface area (Å²) < 4.78 is 7.44. The summed E-state index contributed by atoms with van der Waals surface area (Å²) in [7, 11) is 1.91. The highest BCUT2D eigenvalue weighted by Crippen LogP contribution is 2.35. The van der Waals surface area contributed by atoms with Crippen LogP contribution in [-0.4, -0.2) is 43.3 Å². The minimum atomic E-state index is -0.571. The topological polar surface area (TPSA) is 60.2 Å². The first-order chi connectivity index (χ1) is 11.7. The molecule has 3 rings (SSSR count). The Balaban J connectivity index is 1.81. The Hall–Kier alpha value is -2.21. The maximum Gasteiger partial charge on any atom is 0.326 e. The van der Waals surface area contributed by atoms with Gasteiger partial charge in [-0.05, 0) is 46.2 Å². The molecule has 1 fully saturated rings. The molecule has 1 aliphatic rings. The van der Waals surface area contributed by atoms with Crippen molar-refractivity contribution in [2.75, 3.05) is 6.54 Å². The van der Waals surface area contributed by atoms with Gasteiger partial charge in [-0.15, -0.1) is 0 Å². The Morgan fingerprint density at radius 2 is 2.00 bits per heavy atom. The molecule has 6 nitrogen and oxygen atoms in total. The number of hydrogen-bond acceptors (Lipinski definition) is 5. The molecule has 2 aromatic heterocycles. The summed E-state index contributed by atoms with van der Waals surface area (Å²) in [6.45, 7) is 9.22. The number of ether oxygens (including phenoxy) is 1. The predicted octanol–water partition coefficient (Wildman–Crippen LogP) is 2.79. The Labute approximate surface area is 148 Å². The van der Waals surface area contributed by atoms with E-state index < -0.39 is 11.1 Å². The molecule has 0 aromatic carbocycles. The van der Waals surface area contributed by atoms with Gasteiger partial charge in [0, 0.05) is 49.9 Å². The molecule has 0 amide bonds. The molecule has 1 atom stereocenters. The number of carbonyl (C=O) groups is 1. The molecule has 0 aliphatic carbocycles. The second-order valence-corrected chi connectivity index (χ2v) is 7.86. The average molecular weight is 342 g/mol. The highest BCUT2D eigenvalue weighted by molar-refractivity contribution is 5.82. The van der Waals surface area contributed by atoms with Crippen LogP contribution in [0, 0.1) is 0 Å². The van der Waals surface area contributed by atoms with E-state index in [1.54, 1.807) is 12.4 Å². The molecular formula is C19H26N4O2. The predicted molar refractivity (Wildman–Crippen MR) is 95.7 cm³/mol. The lowest BCUT2D eigenvalue weighted by Gasteiger charge is -2.49. The van der Waals surface area contributed by atoms with E-state index in [4.69, 9.17) is 4.74 Å². The summed E-state index contributed by atoms with van der Waals surface area (Å²) >= 11 is 0. The largest absolute Gasteiger partial charge is 0.459 e. The molecule has 0 saturated carbocycles. The maximum atomic E-state index is 12.6. The third-order valence-corrected chi connectivity index (χ3v) is 4.62. The first-order valence-electron chi connectivity index (χ1n) is 8.60. The van der Waals surface area contributed by atoms with Crippen molar-refractivity contribution in [3.05, 3.63) is 36.3 Å². The van der Waals surface area contributed by atoms with Crippen LogP contribution in [0.4, 0.5) is 0 Å². The molecule has 134 valence electrons. The van der Waals surface area contributed by atoms with Gasteiger partial charge in [0.25, 0.3) is 0 Å². The fraction of sp³-hybridized carbons (Fsp3) is 0.526. The van der Waals surface area contributed by atoms with Crippen LogP contribution in [-0.2, 0) is 23.1 Å². The van der Waals surface area contributed by atoms with Gasteiger partial charge in [0.15, 0.2) is 0 Å². The van der Waals surface area contributed by atoms with Crippen LogP contribution in [0.1, 0.15) is 39.7 Å². The van der Waals surface area contributed by atoms with Gasteiger partial charge in [0.05, 0.1) is 5.69 Å². The number of aryl methyl sites for hydroxylation is 1. The van der Waals surface area contributed by atoms with Crippen molar-refractivity contribution >= 4 is 5.97 Å². The number of pyridine rings is 1. The fourth-order valence-corrected chi connectivity index (χ4v) is 3.09. The Morgan fingerprint density at radius 3 is 2.56 bits per heavy atom. The van der Waals surface area contributed by atoms with E-state index >= 15 is 0 Å². The fourth-order valence-electron chi connectivity index (χ4n) is 3.09. The third-order valence-electron chi connectivity index (χ3n) is 4.62. The summed E-state index contributed by atoms with van der Waals surface area (Å²) in [5.41, 5.74) is 2.02. The summed E-state index contributed by atoms with van der Waals surface area (Å²) in [5, 5.41) is 4.59. The van der Waals surface area contributed by atoms with Crippen LogP contribution in [0.15, 0.2) is 30.7 Å². The summed E-state index contributed by atoms with van der Waals surface area (Å²) in [4.78, 5) is 18.9. The van der Waals surface area contributed by atoms with Crippen molar-refractivity contribution in [1.29, 1.82) is 0 Å². The molecule has 1 saturated heterocycles. The number of rotatable bonds is 4.